The molecule has 2 aromatic carbocycles. The monoisotopic (exact) mass is 364 g/mol. The van der Waals surface area contributed by atoms with E-state index in [-0.39, 0.29) is 28.6 Å². The minimum absolute atomic E-state index is 0.0757. The van der Waals surface area contributed by atoms with Gasteiger partial charge in [-0.05, 0) is 45.8 Å². The Bertz CT molecular complexity index is 921. The van der Waals surface area contributed by atoms with Crippen molar-refractivity contribution in [2.75, 3.05) is 0 Å². The number of aromatic hydroxyl groups is 2. The predicted molar refractivity (Wildman–Crippen MR) is 106 cm³/mol. The van der Waals surface area contributed by atoms with Gasteiger partial charge in [0.25, 0.3) is 0 Å². The van der Waals surface area contributed by atoms with Gasteiger partial charge in [-0.2, -0.15) is 0 Å². The molecule has 1 aliphatic heterocycles. The number of hydrogen-bond acceptors (Lipinski definition) is 4. The van der Waals surface area contributed by atoms with Gasteiger partial charge in [-0.1, -0.05) is 42.0 Å². The van der Waals surface area contributed by atoms with E-state index in [9.17, 15) is 15.0 Å². The summed E-state index contributed by atoms with van der Waals surface area (Å²) < 4.78 is 6.18. The van der Waals surface area contributed by atoms with Crippen molar-refractivity contribution in [1.29, 1.82) is 0 Å². The highest BCUT2D eigenvalue weighted by atomic mass is 16.5. The average molecular weight is 364 g/mol. The molecule has 0 radical (unpaired) electrons. The number of fused-ring (bicyclic) bond motifs is 1. The van der Waals surface area contributed by atoms with Gasteiger partial charge in [0, 0.05) is 11.6 Å². The number of ether oxygens (including phenoxy) is 1. The lowest BCUT2D eigenvalue weighted by atomic mass is 9.91. The Morgan fingerprint density at radius 3 is 2.52 bits per heavy atom. The number of benzene rings is 2. The predicted octanol–water partition coefficient (Wildman–Crippen LogP) is 5.24. The highest BCUT2D eigenvalue weighted by Gasteiger charge is 2.33. The van der Waals surface area contributed by atoms with Crippen LogP contribution in [0.2, 0.25) is 0 Å². The lowest BCUT2D eigenvalue weighted by Gasteiger charge is -2.33. The Labute approximate surface area is 159 Å². The van der Waals surface area contributed by atoms with E-state index in [4.69, 9.17) is 4.74 Å². The quantitative estimate of drug-likeness (QED) is 0.562. The number of ketones is 1. The van der Waals surface area contributed by atoms with Gasteiger partial charge < -0.3 is 14.9 Å². The van der Waals surface area contributed by atoms with Gasteiger partial charge in [0.1, 0.15) is 28.4 Å². The molecule has 0 spiro atoms. The van der Waals surface area contributed by atoms with Crippen LogP contribution in [-0.2, 0) is 0 Å². The number of carbonyl (C=O) groups excluding carboxylic acids is 1. The van der Waals surface area contributed by atoms with Crippen LogP contribution in [-0.4, -0.2) is 21.6 Å². The molecule has 0 aromatic heterocycles. The van der Waals surface area contributed by atoms with E-state index in [0.717, 1.165) is 6.42 Å². The molecule has 0 amide bonds. The van der Waals surface area contributed by atoms with Gasteiger partial charge >= 0.3 is 0 Å². The molecule has 4 heteroatoms. The highest BCUT2D eigenvalue weighted by molar-refractivity contribution is 6.13. The second-order valence-electron chi connectivity index (χ2n) is 7.30. The maximum Gasteiger partial charge on any atom is 0.200 e. The van der Waals surface area contributed by atoms with E-state index in [0.29, 0.717) is 17.5 Å². The van der Waals surface area contributed by atoms with Crippen LogP contribution in [0.25, 0.3) is 6.08 Å². The molecule has 0 unspecified atom stereocenters. The number of hydrogen-bond donors (Lipinski definition) is 2. The molecule has 2 aromatic rings. The van der Waals surface area contributed by atoms with Crippen LogP contribution in [0.15, 0.2) is 54.1 Å². The number of rotatable bonds is 5. The van der Waals surface area contributed by atoms with E-state index in [1.807, 2.05) is 32.9 Å². The molecule has 0 aliphatic carbocycles. The molecule has 0 bridgehead atoms. The Hall–Kier alpha value is -3.01. The second kappa shape index (κ2) is 7.31. The zero-order valence-corrected chi connectivity index (χ0v) is 15.8. The summed E-state index contributed by atoms with van der Waals surface area (Å²) in [6.45, 7) is 6.02. The van der Waals surface area contributed by atoms with Crippen LogP contribution in [0.1, 0.15) is 55.1 Å². The summed E-state index contributed by atoms with van der Waals surface area (Å²) in [7, 11) is 0. The van der Waals surface area contributed by atoms with Gasteiger partial charge in [0.05, 0.1) is 5.56 Å². The molecule has 2 N–H and O–H groups in total. The third-order valence-corrected chi connectivity index (χ3v) is 4.67. The molecule has 3 rings (SSSR count). The maximum absolute atomic E-state index is 13.0. The lowest BCUT2D eigenvalue weighted by molar-refractivity contribution is 0.100. The molecule has 4 nitrogen and oxygen atoms in total. The summed E-state index contributed by atoms with van der Waals surface area (Å²) in [5, 5.41) is 20.6. The van der Waals surface area contributed by atoms with E-state index in [2.05, 4.69) is 6.08 Å². The van der Waals surface area contributed by atoms with Crippen molar-refractivity contribution in [2.45, 2.75) is 39.2 Å². The van der Waals surface area contributed by atoms with E-state index < -0.39 is 5.60 Å². The van der Waals surface area contributed by atoms with Crippen molar-refractivity contribution in [3.05, 3.63) is 70.8 Å². The minimum Gasteiger partial charge on any atom is -0.507 e. The molecule has 1 atom stereocenters. The van der Waals surface area contributed by atoms with E-state index in [1.54, 1.807) is 30.3 Å². The van der Waals surface area contributed by atoms with Gasteiger partial charge in [-0.15, -0.1) is 0 Å². The summed E-state index contributed by atoms with van der Waals surface area (Å²) in [6.07, 6.45) is 7.32. The van der Waals surface area contributed by atoms with Crippen molar-refractivity contribution < 1.29 is 19.7 Å². The SMILES string of the molecule is CC(C)=CCC[C@]1(C)C=Cc2c(O)cc(O)c(C(=O)c3ccccc3)c2O1. The van der Waals surface area contributed by atoms with Crippen LogP contribution < -0.4 is 4.74 Å². The first-order valence-electron chi connectivity index (χ1n) is 9.01. The summed E-state index contributed by atoms with van der Waals surface area (Å²) in [6, 6.07) is 9.92. The Balaban J connectivity index is 2.03. The molecular formula is C23H24O4. The summed E-state index contributed by atoms with van der Waals surface area (Å²) >= 11 is 0. The van der Waals surface area contributed by atoms with Crippen LogP contribution >= 0.6 is 0 Å². The van der Waals surface area contributed by atoms with Crippen molar-refractivity contribution in [3.63, 3.8) is 0 Å². The van der Waals surface area contributed by atoms with E-state index in [1.165, 1.54) is 11.6 Å². The van der Waals surface area contributed by atoms with Crippen molar-refractivity contribution in [3.8, 4) is 17.2 Å². The fourth-order valence-corrected chi connectivity index (χ4v) is 3.18. The molecular weight excluding hydrogens is 340 g/mol. The number of phenolic OH excluding ortho intramolecular Hbond substituents is 2. The van der Waals surface area contributed by atoms with Gasteiger partial charge in [-0.25, -0.2) is 0 Å². The largest absolute Gasteiger partial charge is 0.507 e. The lowest BCUT2D eigenvalue weighted by Crippen LogP contribution is -2.32. The van der Waals surface area contributed by atoms with Gasteiger partial charge in [0.15, 0.2) is 0 Å². The zero-order chi connectivity index (χ0) is 19.6. The highest BCUT2D eigenvalue weighted by Crippen LogP contribution is 2.45. The van der Waals surface area contributed by atoms with Gasteiger partial charge in [-0.3, -0.25) is 4.79 Å². The molecule has 1 aliphatic rings. The van der Waals surface area contributed by atoms with Crippen molar-refractivity contribution >= 4 is 11.9 Å². The standard InChI is InChI=1S/C23H24O4/c1-15(2)8-7-12-23(3)13-11-17-18(24)14-19(25)20(22(17)27-23)21(26)16-9-5-4-6-10-16/h4-6,8-11,13-14,24-25H,7,12H2,1-3H3/t23-/m1/s1. The third kappa shape index (κ3) is 3.90. The Kier molecular flexibility index (Phi) is 5.08. The average Bonchev–Trinajstić information content (AvgIpc) is 2.61. The van der Waals surface area contributed by atoms with Gasteiger partial charge in [0.2, 0.25) is 5.78 Å². The first-order chi connectivity index (χ1) is 12.8. The summed E-state index contributed by atoms with van der Waals surface area (Å²) in [5.41, 5.74) is 1.53. The van der Waals surface area contributed by atoms with Crippen LogP contribution in [0.4, 0.5) is 0 Å². The number of phenols is 2. The first-order valence-corrected chi connectivity index (χ1v) is 9.01. The van der Waals surface area contributed by atoms with Crippen LogP contribution in [0, 0.1) is 0 Å². The molecule has 1 heterocycles. The number of allylic oxidation sites excluding steroid dienone is 2. The molecule has 27 heavy (non-hydrogen) atoms. The molecule has 0 saturated heterocycles. The second-order valence-corrected chi connectivity index (χ2v) is 7.30. The normalized spacial score (nSPS) is 17.7. The molecule has 0 saturated carbocycles. The molecule has 140 valence electrons. The minimum atomic E-state index is -0.634. The Morgan fingerprint density at radius 1 is 1.15 bits per heavy atom. The summed E-state index contributed by atoms with van der Waals surface area (Å²) in [5.74, 6) is -0.522. The summed E-state index contributed by atoms with van der Waals surface area (Å²) in [4.78, 5) is 13.0. The third-order valence-electron chi connectivity index (χ3n) is 4.67. The van der Waals surface area contributed by atoms with Crippen molar-refractivity contribution in [2.24, 2.45) is 0 Å². The zero-order valence-electron chi connectivity index (χ0n) is 15.8. The fourth-order valence-electron chi connectivity index (χ4n) is 3.18. The maximum atomic E-state index is 13.0. The van der Waals surface area contributed by atoms with Crippen molar-refractivity contribution in [1.82, 2.24) is 0 Å². The molecule has 0 fully saturated rings. The number of carbonyl (C=O) groups is 1. The fraction of sp³-hybridized carbons (Fsp3) is 0.261. The Morgan fingerprint density at radius 2 is 1.85 bits per heavy atom. The van der Waals surface area contributed by atoms with Crippen LogP contribution in [0.5, 0.6) is 17.2 Å². The topological polar surface area (TPSA) is 66.8 Å². The first kappa shape index (κ1) is 18.8. The smallest absolute Gasteiger partial charge is 0.200 e. The van der Waals surface area contributed by atoms with E-state index >= 15 is 0 Å². The van der Waals surface area contributed by atoms with Crippen LogP contribution in [0.3, 0.4) is 0 Å².